The first kappa shape index (κ1) is 13.7. The molecule has 0 radical (unpaired) electrons. The number of aryl methyl sites for hydroxylation is 1. The third kappa shape index (κ3) is 3.85. The van der Waals surface area contributed by atoms with E-state index in [1.54, 1.807) is 0 Å². The van der Waals surface area contributed by atoms with Gasteiger partial charge in [-0.3, -0.25) is 4.79 Å². The lowest BCUT2D eigenvalue weighted by molar-refractivity contribution is -0.121. The lowest BCUT2D eigenvalue weighted by atomic mass is 10.2. The average molecular weight is 258 g/mol. The highest BCUT2D eigenvalue weighted by atomic mass is 16.1. The summed E-state index contributed by atoms with van der Waals surface area (Å²) in [6.07, 6.45) is 6.04. The van der Waals surface area contributed by atoms with Crippen LogP contribution in [0.25, 0.3) is 10.9 Å². The fourth-order valence-electron chi connectivity index (χ4n) is 2.25. The molecule has 2 rings (SSSR count). The molecule has 1 heterocycles. The average Bonchev–Trinajstić information content (AvgIpc) is 2.85. The second-order valence-corrected chi connectivity index (χ2v) is 4.88. The number of carbonyl (C=O) groups excluding carboxylic acids is 1. The van der Waals surface area contributed by atoms with Crippen LogP contribution < -0.4 is 5.32 Å². The van der Waals surface area contributed by atoms with Crippen molar-refractivity contribution in [2.24, 2.45) is 0 Å². The maximum Gasteiger partial charge on any atom is 0.221 e. The molecule has 1 amide bonds. The second-order valence-electron chi connectivity index (χ2n) is 4.88. The fraction of sp³-hybridized carbons (Fsp3) is 0.438. The summed E-state index contributed by atoms with van der Waals surface area (Å²) in [5, 5.41) is 4.20. The van der Waals surface area contributed by atoms with Crippen molar-refractivity contribution in [3.8, 4) is 0 Å². The number of hydrogen-bond donors (Lipinski definition) is 1. The van der Waals surface area contributed by atoms with E-state index in [1.807, 2.05) is 12.1 Å². The Morgan fingerprint density at radius 1 is 1.21 bits per heavy atom. The zero-order chi connectivity index (χ0) is 13.5. The molecular weight excluding hydrogens is 236 g/mol. The standard InChI is InChI=1S/C16H22N2O/c1-2-3-6-11-17-16(19)10-13-18-12-9-14-7-4-5-8-15(14)18/h4-5,7-9,12H,2-3,6,10-11,13H2,1H3,(H,17,19). The van der Waals surface area contributed by atoms with Crippen LogP contribution in [0.4, 0.5) is 0 Å². The number of nitrogens with zero attached hydrogens (tertiary/aromatic N) is 1. The minimum atomic E-state index is 0.147. The van der Waals surface area contributed by atoms with E-state index < -0.39 is 0 Å². The molecule has 19 heavy (non-hydrogen) atoms. The van der Waals surface area contributed by atoms with Gasteiger partial charge in [0, 0.05) is 31.2 Å². The quantitative estimate of drug-likeness (QED) is 0.759. The Morgan fingerprint density at radius 2 is 2.05 bits per heavy atom. The molecule has 3 nitrogen and oxygen atoms in total. The van der Waals surface area contributed by atoms with Crippen LogP contribution in [0.1, 0.15) is 32.6 Å². The number of carbonyl (C=O) groups is 1. The van der Waals surface area contributed by atoms with Crippen molar-refractivity contribution in [1.29, 1.82) is 0 Å². The predicted molar refractivity (Wildman–Crippen MR) is 79.1 cm³/mol. The van der Waals surface area contributed by atoms with Crippen LogP contribution in [0.5, 0.6) is 0 Å². The molecule has 0 fully saturated rings. The number of hydrogen-bond acceptors (Lipinski definition) is 1. The zero-order valence-corrected chi connectivity index (χ0v) is 11.6. The van der Waals surface area contributed by atoms with E-state index in [-0.39, 0.29) is 5.91 Å². The van der Waals surface area contributed by atoms with Gasteiger partial charge >= 0.3 is 0 Å². The molecular formula is C16H22N2O. The van der Waals surface area contributed by atoms with Gasteiger partial charge in [0.2, 0.25) is 5.91 Å². The van der Waals surface area contributed by atoms with Gasteiger partial charge in [-0.1, -0.05) is 38.0 Å². The van der Waals surface area contributed by atoms with Gasteiger partial charge in [-0.2, -0.15) is 0 Å². The van der Waals surface area contributed by atoms with Crippen LogP contribution in [-0.2, 0) is 11.3 Å². The van der Waals surface area contributed by atoms with E-state index >= 15 is 0 Å². The molecule has 0 atom stereocenters. The van der Waals surface area contributed by atoms with Crippen LogP contribution in [0.2, 0.25) is 0 Å². The summed E-state index contributed by atoms with van der Waals surface area (Å²) in [5.74, 6) is 0.147. The van der Waals surface area contributed by atoms with E-state index in [2.05, 4.69) is 41.2 Å². The van der Waals surface area contributed by atoms with Gasteiger partial charge in [0.1, 0.15) is 0 Å². The maximum absolute atomic E-state index is 11.7. The molecule has 0 aliphatic heterocycles. The van der Waals surface area contributed by atoms with Gasteiger partial charge < -0.3 is 9.88 Å². The molecule has 0 aliphatic carbocycles. The van der Waals surface area contributed by atoms with E-state index in [0.717, 1.165) is 19.5 Å². The molecule has 1 aromatic carbocycles. The van der Waals surface area contributed by atoms with Gasteiger partial charge in [-0.15, -0.1) is 0 Å². The summed E-state index contributed by atoms with van der Waals surface area (Å²) in [4.78, 5) is 11.7. The molecule has 102 valence electrons. The molecule has 3 heteroatoms. The van der Waals surface area contributed by atoms with Crippen molar-refractivity contribution < 1.29 is 4.79 Å². The predicted octanol–water partition coefficient (Wildman–Crippen LogP) is 3.34. The number of benzene rings is 1. The fourth-order valence-corrected chi connectivity index (χ4v) is 2.25. The third-order valence-corrected chi connectivity index (χ3v) is 3.36. The van der Waals surface area contributed by atoms with Gasteiger partial charge in [0.25, 0.3) is 0 Å². The summed E-state index contributed by atoms with van der Waals surface area (Å²) >= 11 is 0. The van der Waals surface area contributed by atoms with Gasteiger partial charge in [0.05, 0.1) is 0 Å². The molecule has 0 bridgehead atoms. The van der Waals surface area contributed by atoms with Gasteiger partial charge in [-0.25, -0.2) is 0 Å². The lowest BCUT2D eigenvalue weighted by Gasteiger charge is -2.07. The van der Waals surface area contributed by atoms with Crippen molar-refractivity contribution in [3.05, 3.63) is 36.5 Å². The van der Waals surface area contributed by atoms with E-state index in [4.69, 9.17) is 0 Å². The highest BCUT2D eigenvalue weighted by Gasteiger charge is 2.03. The van der Waals surface area contributed by atoms with Crippen molar-refractivity contribution in [3.63, 3.8) is 0 Å². The second kappa shape index (κ2) is 6.98. The van der Waals surface area contributed by atoms with E-state index in [0.29, 0.717) is 6.42 Å². The topological polar surface area (TPSA) is 34.0 Å². The molecule has 0 unspecified atom stereocenters. The minimum absolute atomic E-state index is 0.147. The van der Waals surface area contributed by atoms with E-state index in [1.165, 1.54) is 23.7 Å². The van der Waals surface area contributed by atoms with E-state index in [9.17, 15) is 4.79 Å². The Hall–Kier alpha value is -1.77. The van der Waals surface area contributed by atoms with Gasteiger partial charge in [0.15, 0.2) is 0 Å². The van der Waals surface area contributed by atoms with Gasteiger partial charge in [-0.05, 0) is 23.9 Å². The number of amides is 1. The smallest absolute Gasteiger partial charge is 0.221 e. The highest BCUT2D eigenvalue weighted by molar-refractivity contribution is 5.80. The Morgan fingerprint density at radius 3 is 2.89 bits per heavy atom. The Bertz CT molecular complexity index is 530. The van der Waals surface area contributed by atoms with Crippen LogP contribution in [-0.4, -0.2) is 17.0 Å². The van der Waals surface area contributed by atoms with Crippen LogP contribution in [0, 0.1) is 0 Å². The number of aromatic nitrogens is 1. The SMILES string of the molecule is CCCCCNC(=O)CCn1ccc2ccccc21. The molecule has 0 saturated heterocycles. The van der Waals surface area contributed by atoms with Crippen molar-refractivity contribution >= 4 is 16.8 Å². The van der Waals surface area contributed by atoms with Crippen LogP contribution in [0.15, 0.2) is 36.5 Å². The molecule has 1 N–H and O–H groups in total. The minimum Gasteiger partial charge on any atom is -0.356 e. The molecule has 2 aromatic rings. The summed E-state index contributed by atoms with van der Waals surface area (Å²) in [6, 6.07) is 10.3. The normalized spacial score (nSPS) is 10.8. The highest BCUT2D eigenvalue weighted by Crippen LogP contribution is 2.15. The van der Waals surface area contributed by atoms with Crippen molar-refractivity contribution in [1.82, 2.24) is 9.88 Å². The molecule has 0 saturated carbocycles. The Labute approximate surface area is 114 Å². The summed E-state index contributed by atoms with van der Waals surface area (Å²) in [6.45, 7) is 3.71. The third-order valence-electron chi connectivity index (χ3n) is 3.36. The van der Waals surface area contributed by atoms with Crippen molar-refractivity contribution in [2.45, 2.75) is 39.2 Å². The first-order valence-electron chi connectivity index (χ1n) is 7.12. The lowest BCUT2D eigenvalue weighted by Crippen LogP contribution is -2.25. The number of unbranched alkanes of at least 4 members (excludes halogenated alkanes) is 2. The first-order chi connectivity index (χ1) is 9.31. The Kier molecular flexibility index (Phi) is 5.01. The number of fused-ring (bicyclic) bond motifs is 1. The summed E-state index contributed by atoms with van der Waals surface area (Å²) in [5.41, 5.74) is 1.20. The molecule has 0 aliphatic rings. The number of nitrogens with one attached hydrogen (secondary N) is 1. The van der Waals surface area contributed by atoms with Crippen LogP contribution in [0.3, 0.4) is 0 Å². The Balaban J connectivity index is 1.80. The molecule has 1 aromatic heterocycles. The monoisotopic (exact) mass is 258 g/mol. The summed E-state index contributed by atoms with van der Waals surface area (Å²) < 4.78 is 2.14. The zero-order valence-electron chi connectivity index (χ0n) is 11.6. The maximum atomic E-state index is 11.7. The largest absolute Gasteiger partial charge is 0.356 e. The van der Waals surface area contributed by atoms with Crippen molar-refractivity contribution in [2.75, 3.05) is 6.54 Å². The number of para-hydroxylation sites is 1. The number of rotatable bonds is 7. The summed E-state index contributed by atoms with van der Waals surface area (Å²) in [7, 11) is 0. The first-order valence-corrected chi connectivity index (χ1v) is 7.12. The van der Waals surface area contributed by atoms with Crippen LogP contribution >= 0.6 is 0 Å². The molecule has 0 spiro atoms.